The van der Waals surface area contributed by atoms with Gasteiger partial charge >= 0.3 is 5.97 Å². The standard InChI is InChI=1S/C17H22N2O4S/c1-3-4-11-19(2)15-9-5-8-14-13(15)7-6-10-16(14)24(22,23)18-12-17(20)21/h5-10,18H,3-4,11-12H2,1-2H3,(H,20,21). The molecule has 0 aliphatic heterocycles. The SMILES string of the molecule is CCCCN(C)c1cccc2c(S(=O)(=O)NCC(=O)O)cccc12. The number of hydrogen-bond donors (Lipinski definition) is 2. The molecule has 0 saturated carbocycles. The van der Waals surface area contributed by atoms with Gasteiger partial charge in [0.2, 0.25) is 10.0 Å². The average Bonchev–Trinajstić information content (AvgIpc) is 2.56. The molecule has 6 nitrogen and oxygen atoms in total. The molecule has 2 rings (SSSR count). The fourth-order valence-electron chi connectivity index (χ4n) is 2.58. The van der Waals surface area contributed by atoms with E-state index < -0.39 is 22.5 Å². The Labute approximate surface area is 142 Å². The van der Waals surface area contributed by atoms with Crippen LogP contribution in [0, 0.1) is 0 Å². The Hall–Kier alpha value is -2.12. The van der Waals surface area contributed by atoms with Gasteiger partial charge in [0.15, 0.2) is 0 Å². The van der Waals surface area contributed by atoms with Gasteiger partial charge in [-0.25, -0.2) is 8.42 Å². The van der Waals surface area contributed by atoms with Crippen LogP contribution in [0.4, 0.5) is 5.69 Å². The minimum Gasteiger partial charge on any atom is -0.480 e. The number of carbonyl (C=O) groups is 1. The van der Waals surface area contributed by atoms with Gasteiger partial charge in [-0.3, -0.25) is 4.79 Å². The summed E-state index contributed by atoms with van der Waals surface area (Å²) < 4.78 is 26.9. The van der Waals surface area contributed by atoms with E-state index in [1.807, 2.05) is 25.2 Å². The minimum absolute atomic E-state index is 0.0898. The Bertz CT molecular complexity index is 834. The van der Waals surface area contributed by atoms with Crippen LogP contribution in [0.1, 0.15) is 19.8 Å². The summed E-state index contributed by atoms with van der Waals surface area (Å²) in [5, 5.41) is 10.1. The molecule has 0 aliphatic carbocycles. The molecule has 0 radical (unpaired) electrons. The third kappa shape index (κ3) is 4.04. The third-order valence-corrected chi connectivity index (χ3v) is 5.28. The number of nitrogens with zero attached hydrogens (tertiary/aromatic N) is 1. The van der Waals surface area contributed by atoms with Gasteiger partial charge in [0, 0.05) is 30.1 Å². The van der Waals surface area contributed by atoms with Crippen molar-refractivity contribution in [3.05, 3.63) is 36.4 Å². The Morgan fingerprint density at radius 3 is 2.50 bits per heavy atom. The van der Waals surface area contributed by atoms with E-state index in [1.165, 1.54) is 6.07 Å². The summed E-state index contributed by atoms with van der Waals surface area (Å²) in [6.45, 7) is 2.36. The number of hydrogen-bond acceptors (Lipinski definition) is 4. The average molecular weight is 350 g/mol. The predicted octanol–water partition coefficient (Wildman–Crippen LogP) is 2.44. The van der Waals surface area contributed by atoms with Crippen LogP contribution in [0.15, 0.2) is 41.3 Å². The number of fused-ring (bicyclic) bond motifs is 1. The smallest absolute Gasteiger partial charge is 0.318 e. The summed E-state index contributed by atoms with van der Waals surface area (Å²) in [6, 6.07) is 10.6. The van der Waals surface area contributed by atoms with Crippen molar-refractivity contribution in [3.63, 3.8) is 0 Å². The molecular weight excluding hydrogens is 328 g/mol. The van der Waals surface area contributed by atoms with Crippen LogP contribution in [0.5, 0.6) is 0 Å². The number of unbranched alkanes of at least 4 members (excludes halogenated alkanes) is 1. The maximum Gasteiger partial charge on any atom is 0.318 e. The second kappa shape index (κ2) is 7.63. The molecule has 24 heavy (non-hydrogen) atoms. The van der Waals surface area contributed by atoms with E-state index in [9.17, 15) is 13.2 Å². The van der Waals surface area contributed by atoms with E-state index in [-0.39, 0.29) is 4.90 Å². The highest BCUT2D eigenvalue weighted by atomic mass is 32.2. The maximum absolute atomic E-state index is 12.4. The Morgan fingerprint density at radius 1 is 1.17 bits per heavy atom. The van der Waals surface area contributed by atoms with Crippen LogP contribution in [0.25, 0.3) is 10.8 Å². The molecule has 0 atom stereocenters. The van der Waals surface area contributed by atoms with E-state index in [0.717, 1.165) is 30.5 Å². The first-order chi connectivity index (χ1) is 11.4. The van der Waals surface area contributed by atoms with E-state index in [4.69, 9.17) is 5.11 Å². The Balaban J connectivity index is 2.49. The van der Waals surface area contributed by atoms with Crippen LogP contribution in [-0.2, 0) is 14.8 Å². The number of sulfonamides is 1. The summed E-state index contributed by atoms with van der Waals surface area (Å²) in [7, 11) is -1.91. The molecule has 0 saturated heterocycles. The van der Waals surface area contributed by atoms with Crippen LogP contribution < -0.4 is 9.62 Å². The molecule has 0 heterocycles. The van der Waals surface area contributed by atoms with Gasteiger partial charge < -0.3 is 10.0 Å². The topological polar surface area (TPSA) is 86.7 Å². The number of benzene rings is 2. The molecule has 0 unspecified atom stereocenters. The van der Waals surface area contributed by atoms with Gasteiger partial charge in [-0.15, -0.1) is 0 Å². The number of aliphatic carboxylic acids is 1. The Morgan fingerprint density at radius 2 is 1.83 bits per heavy atom. The van der Waals surface area contributed by atoms with Crippen molar-refractivity contribution in [1.82, 2.24) is 4.72 Å². The lowest BCUT2D eigenvalue weighted by Crippen LogP contribution is -2.29. The van der Waals surface area contributed by atoms with Crippen LogP contribution in [-0.4, -0.2) is 39.6 Å². The largest absolute Gasteiger partial charge is 0.480 e. The highest BCUT2D eigenvalue weighted by Gasteiger charge is 2.19. The van der Waals surface area contributed by atoms with E-state index in [1.54, 1.807) is 12.1 Å². The number of rotatable bonds is 8. The fourth-order valence-corrected chi connectivity index (χ4v) is 3.78. The summed E-state index contributed by atoms with van der Waals surface area (Å²) in [6.07, 6.45) is 2.12. The first-order valence-corrected chi connectivity index (χ1v) is 9.29. The van der Waals surface area contributed by atoms with Crippen molar-refractivity contribution in [2.45, 2.75) is 24.7 Å². The molecule has 0 amide bonds. The van der Waals surface area contributed by atoms with Crippen molar-refractivity contribution >= 4 is 32.5 Å². The number of anilines is 1. The number of carboxylic acid groups (broad SMARTS) is 1. The normalized spacial score (nSPS) is 11.6. The zero-order chi connectivity index (χ0) is 17.7. The quantitative estimate of drug-likeness (QED) is 0.764. The molecule has 2 aromatic rings. The maximum atomic E-state index is 12.4. The second-order valence-corrected chi connectivity index (χ2v) is 7.36. The van der Waals surface area contributed by atoms with E-state index in [0.29, 0.717) is 5.39 Å². The zero-order valence-electron chi connectivity index (χ0n) is 13.8. The molecule has 130 valence electrons. The van der Waals surface area contributed by atoms with Gasteiger partial charge in [0.05, 0.1) is 4.90 Å². The molecule has 7 heteroatoms. The third-order valence-electron chi connectivity index (χ3n) is 3.82. The van der Waals surface area contributed by atoms with Gasteiger partial charge in [0.1, 0.15) is 6.54 Å². The monoisotopic (exact) mass is 350 g/mol. The second-order valence-electron chi connectivity index (χ2n) is 5.62. The molecule has 0 aromatic heterocycles. The predicted molar refractivity (Wildman–Crippen MR) is 95.0 cm³/mol. The van der Waals surface area contributed by atoms with Gasteiger partial charge in [-0.05, 0) is 18.6 Å². The lowest BCUT2D eigenvalue weighted by Gasteiger charge is -2.21. The first-order valence-electron chi connectivity index (χ1n) is 7.81. The lowest BCUT2D eigenvalue weighted by atomic mass is 10.1. The summed E-state index contributed by atoms with van der Waals surface area (Å²) >= 11 is 0. The number of nitrogens with one attached hydrogen (secondary N) is 1. The van der Waals surface area contributed by atoms with E-state index in [2.05, 4.69) is 16.5 Å². The van der Waals surface area contributed by atoms with Crippen molar-refractivity contribution in [3.8, 4) is 0 Å². The molecule has 0 bridgehead atoms. The first kappa shape index (κ1) is 18.2. The lowest BCUT2D eigenvalue weighted by molar-refractivity contribution is -0.135. The van der Waals surface area contributed by atoms with E-state index >= 15 is 0 Å². The van der Waals surface area contributed by atoms with Crippen molar-refractivity contribution in [1.29, 1.82) is 0 Å². The molecular formula is C17H22N2O4S. The molecule has 0 spiro atoms. The van der Waals surface area contributed by atoms with Crippen LogP contribution in [0.3, 0.4) is 0 Å². The van der Waals surface area contributed by atoms with Crippen LogP contribution >= 0.6 is 0 Å². The summed E-state index contributed by atoms with van der Waals surface area (Å²) in [5.74, 6) is -1.22. The molecule has 2 aromatic carbocycles. The van der Waals surface area contributed by atoms with Crippen LogP contribution in [0.2, 0.25) is 0 Å². The Kier molecular flexibility index (Phi) is 5.80. The molecule has 2 N–H and O–H groups in total. The number of carboxylic acids is 1. The van der Waals surface area contributed by atoms with Gasteiger partial charge in [0.25, 0.3) is 0 Å². The highest BCUT2D eigenvalue weighted by Crippen LogP contribution is 2.30. The molecule has 0 aliphatic rings. The van der Waals surface area contributed by atoms with Crippen molar-refractivity contribution in [2.24, 2.45) is 0 Å². The highest BCUT2D eigenvalue weighted by molar-refractivity contribution is 7.89. The summed E-state index contributed by atoms with van der Waals surface area (Å²) in [4.78, 5) is 12.8. The fraction of sp³-hybridized carbons (Fsp3) is 0.353. The minimum atomic E-state index is -3.89. The van der Waals surface area contributed by atoms with Gasteiger partial charge in [-0.1, -0.05) is 37.6 Å². The van der Waals surface area contributed by atoms with Crippen molar-refractivity contribution in [2.75, 3.05) is 25.0 Å². The van der Waals surface area contributed by atoms with Gasteiger partial charge in [-0.2, -0.15) is 4.72 Å². The molecule has 0 fully saturated rings. The summed E-state index contributed by atoms with van der Waals surface area (Å²) in [5.41, 5.74) is 0.955. The van der Waals surface area contributed by atoms with Crippen molar-refractivity contribution < 1.29 is 18.3 Å². The zero-order valence-corrected chi connectivity index (χ0v) is 14.6.